The largest absolute Gasteiger partial charge is 0.469 e. The molecule has 1 aliphatic rings. The Morgan fingerprint density at radius 3 is 1.89 bits per heavy atom. The molecular formula is C38H69IO7Si. The molecule has 0 aromatic heterocycles. The van der Waals surface area contributed by atoms with Crippen molar-refractivity contribution in [3.8, 4) is 0 Å². The van der Waals surface area contributed by atoms with Gasteiger partial charge in [-0.05, 0) is 113 Å². The number of allylic oxidation sites excluding steroid dienone is 2. The fourth-order valence-electron chi connectivity index (χ4n) is 8.46. The average molecular weight is 793 g/mol. The van der Waals surface area contributed by atoms with Crippen molar-refractivity contribution in [2.45, 2.75) is 156 Å². The highest BCUT2D eigenvalue weighted by Crippen LogP contribution is 2.47. The summed E-state index contributed by atoms with van der Waals surface area (Å²) < 4.78 is 18.2. The number of rotatable bonds is 21. The summed E-state index contributed by atoms with van der Waals surface area (Å²) in [5.74, 6) is 0.456. The van der Waals surface area contributed by atoms with E-state index in [1.807, 2.05) is 13.0 Å². The summed E-state index contributed by atoms with van der Waals surface area (Å²) >= 11 is 2.30. The molecule has 0 radical (unpaired) electrons. The van der Waals surface area contributed by atoms with Crippen LogP contribution >= 0.6 is 22.6 Å². The second kappa shape index (κ2) is 21.5. The van der Waals surface area contributed by atoms with Crippen molar-refractivity contribution in [3.63, 3.8) is 0 Å². The Balaban J connectivity index is 2.94. The summed E-state index contributed by atoms with van der Waals surface area (Å²) in [6.07, 6.45) is 11.2. The van der Waals surface area contributed by atoms with Crippen molar-refractivity contribution in [3.05, 3.63) is 21.8 Å². The van der Waals surface area contributed by atoms with E-state index < -0.39 is 20.5 Å². The maximum atomic E-state index is 12.8. The van der Waals surface area contributed by atoms with Gasteiger partial charge in [-0.15, -0.1) is 0 Å². The number of hydrogen-bond donors (Lipinski definition) is 2. The highest BCUT2D eigenvalue weighted by molar-refractivity contribution is 14.1. The van der Waals surface area contributed by atoms with Crippen molar-refractivity contribution in [2.75, 3.05) is 14.2 Å². The maximum absolute atomic E-state index is 12.8. The number of halogens is 1. The van der Waals surface area contributed by atoms with Crippen LogP contribution in [0.1, 0.15) is 121 Å². The molecule has 1 saturated carbocycles. The van der Waals surface area contributed by atoms with Crippen LogP contribution in [0.4, 0.5) is 0 Å². The van der Waals surface area contributed by atoms with Crippen LogP contribution in [0.5, 0.6) is 0 Å². The molecule has 0 aromatic rings. The lowest BCUT2D eigenvalue weighted by atomic mass is 9.83. The first-order valence-electron chi connectivity index (χ1n) is 18.1. The second-order valence-electron chi connectivity index (χ2n) is 15.6. The lowest BCUT2D eigenvalue weighted by molar-refractivity contribution is -0.148. The van der Waals surface area contributed by atoms with Crippen LogP contribution < -0.4 is 0 Å². The SMILES string of the molecule is COC(=O)C[C@H](O)[C@@H](C)C[C@@H](C)C[C@@H](C)C[C@H](C)[C@@H](O)/C=C(I)\C=C\C[C@H](O[Si](C(C)C)(C(C)C)C(C)C)[C@@H]1CCC[C@H]1C(=O)OC. The standard InChI is InChI=1S/C38H69IO7Si/c1-24(2)47(25(3)4,26(5)6)46-36(32-16-14-17-33(32)38(43)45-12)18-13-15-31(39)22-34(40)29(9)20-27(7)19-28(8)21-30(10)35(41)23-37(42)44-11/h13,15,22,24-30,32-36,40-41H,14,16-21,23H2,1-12H3/b15-13+,31-22+/t27-,28+,29+,30+,32-,33-,34+,35+,36+/m1/s1. The average Bonchev–Trinajstić information content (AvgIpc) is 3.47. The van der Waals surface area contributed by atoms with Crippen LogP contribution in [0.15, 0.2) is 21.8 Å². The number of carbonyl (C=O) groups is 2. The molecule has 2 N–H and O–H groups in total. The van der Waals surface area contributed by atoms with Crippen LogP contribution in [0.2, 0.25) is 16.6 Å². The Kier molecular flexibility index (Phi) is 20.2. The van der Waals surface area contributed by atoms with Gasteiger partial charge in [0, 0.05) is 3.58 Å². The van der Waals surface area contributed by atoms with Crippen molar-refractivity contribution in [2.24, 2.45) is 35.5 Å². The van der Waals surface area contributed by atoms with Gasteiger partial charge in [0.1, 0.15) is 0 Å². The predicted octanol–water partition coefficient (Wildman–Crippen LogP) is 9.40. The number of carbonyl (C=O) groups excluding carboxylic acids is 2. The van der Waals surface area contributed by atoms with E-state index in [0.717, 1.165) is 48.5 Å². The fraction of sp³-hybridized carbons (Fsp3) is 0.842. The van der Waals surface area contributed by atoms with E-state index in [2.05, 4.69) is 97.1 Å². The van der Waals surface area contributed by atoms with Crippen molar-refractivity contribution >= 4 is 42.8 Å². The number of methoxy groups -OCH3 is 2. The molecule has 0 saturated heterocycles. The van der Waals surface area contributed by atoms with Gasteiger partial charge < -0.3 is 24.1 Å². The Bertz CT molecular complexity index is 975. The van der Waals surface area contributed by atoms with E-state index >= 15 is 0 Å². The predicted molar refractivity (Wildman–Crippen MR) is 204 cm³/mol. The number of esters is 2. The van der Waals surface area contributed by atoms with E-state index in [4.69, 9.17) is 13.9 Å². The summed E-state index contributed by atoms with van der Waals surface area (Å²) in [5.41, 5.74) is 1.36. The molecule has 1 aliphatic carbocycles. The summed E-state index contributed by atoms with van der Waals surface area (Å²) in [6, 6.07) is 0. The van der Waals surface area contributed by atoms with Crippen molar-refractivity contribution < 1.29 is 33.7 Å². The highest BCUT2D eigenvalue weighted by Gasteiger charge is 2.49. The Morgan fingerprint density at radius 2 is 1.38 bits per heavy atom. The molecule has 0 spiro atoms. The molecule has 9 atom stereocenters. The summed E-state index contributed by atoms with van der Waals surface area (Å²) in [7, 11) is 0.659. The molecule has 0 aromatic carbocycles. The Morgan fingerprint density at radius 1 is 0.830 bits per heavy atom. The lowest BCUT2D eigenvalue weighted by Crippen LogP contribution is -2.52. The van der Waals surface area contributed by atoms with Gasteiger partial charge in [0.15, 0.2) is 0 Å². The zero-order chi connectivity index (χ0) is 36.1. The second-order valence-corrected chi connectivity index (χ2v) is 22.3. The van der Waals surface area contributed by atoms with Gasteiger partial charge in [0.25, 0.3) is 0 Å². The minimum atomic E-state index is -2.18. The molecule has 0 unspecified atom stereocenters. The monoisotopic (exact) mass is 792 g/mol. The Labute approximate surface area is 302 Å². The number of hydrogen-bond acceptors (Lipinski definition) is 7. The van der Waals surface area contributed by atoms with Crippen LogP contribution in [0.25, 0.3) is 0 Å². The third-order valence-electron chi connectivity index (χ3n) is 10.8. The van der Waals surface area contributed by atoms with Gasteiger partial charge in [0.05, 0.1) is 44.9 Å². The molecule has 7 nitrogen and oxygen atoms in total. The number of aliphatic hydroxyl groups is 2. The van der Waals surface area contributed by atoms with Gasteiger partial charge in [-0.25, -0.2) is 0 Å². The normalized spacial score (nSPS) is 22.4. The molecular weight excluding hydrogens is 723 g/mol. The van der Waals surface area contributed by atoms with Crippen molar-refractivity contribution in [1.82, 2.24) is 0 Å². The number of ether oxygens (including phenoxy) is 2. The minimum Gasteiger partial charge on any atom is -0.469 e. The van der Waals surface area contributed by atoms with E-state index in [9.17, 15) is 19.8 Å². The van der Waals surface area contributed by atoms with E-state index in [-0.39, 0.29) is 48.1 Å². The molecule has 1 fully saturated rings. The van der Waals surface area contributed by atoms with Crippen LogP contribution in [0.3, 0.4) is 0 Å². The van der Waals surface area contributed by atoms with Crippen LogP contribution in [-0.4, -0.2) is 63.0 Å². The topological polar surface area (TPSA) is 102 Å². The molecule has 9 heteroatoms. The smallest absolute Gasteiger partial charge is 0.309 e. The van der Waals surface area contributed by atoms with E-state index in [0.29, 0.717) is 28.5 Å². The fourth-order valence-corrected chi connectivity index (χ4v) is 14.7. The van der Waals surface area contributed by atoms with E-state index in [1.54, 1.807) is 0 Å². The molecule has 0 heterocycles. The van der Waals surface area contributed by atoms with Gasteiger partial charge in [-0.3, -0.25) is 9.59 Å². The number of aliphatic hydroxyl groups excluding tert-OH is 2. The van der Waals surface area contributed by atoms with Gasteiger partial charge >= 0.3 is 11.9 Å². The van der Waals surface area contributed by atoms with Crippen LogP contribution in [-0.2, 0) is 23.5 Å². The first-order chi connectivity index (χ1) is 21.9. The highest BCUT2D eigenvalue weighted by atomic mass is 127. The van der Waals surface area contributed by atoms with Crippen LogP contribution in [0, 0.1) is 35.5 Å². The third-order valence-corrected chi connectivity index (χ3v) is 17.6. The van der Waals surface area contributed by atoms with Crippen molar-refractivity contribution in [1.29, 1.82) is 0 Å². The summed E-state index contributed by atoms with van der Waals surface area (Å²) in [6.45, 7) is 22.3. The van der Waals surface area contributed by atoms with Gasteiger partial charge in [-0.2, -0.15) is 0 Å². The molecule has 0 aliphatic heterocycles. The lowest BCUT2D eigenvalue weighted by Gasteiger charge is -2.46. The molecule has 47 heavy (non-hydrogen) atoms. The first kappa shape index (κ1) is 44.3. The van der Waals surface area contributed by atoms with Gasteiger partial charge in [0.2, 0.25) is 8.32 Å². The molecule has 1 rings (SSSR count). The van der Waals surface area contributed by atoms with Gasteiger partial charge in [-0.1, -0.05) is 87.8 Å². The Hall–Kier alpha value is -0.753. The third kappa shape index (κ3) is 13.8. The zero-order valence-electron chi connectivity index (χ0n) is 31.6. The summed E-state index contributed by atoms with van der Waals surface area (Å²) in [4.78, 5) is 24.3. The molecule has 0 amide bonds. The zero-order valence-corrected chi connectivity index (χ0v) is 34.8. The minimum absolute atomic E-state index is 0.0144. The molecule has 274 valence electrons. The summed E-state index contributed by atoms with van der Waals surface area (Å²) in [5, 5.41) is 21.4. The van der Waals surface area contributed by atoms with E-state index in [1.165, 1.54) is 14.2 Å². The first-order valence-corrected chi connectivity index (χ1v) is 21.3. The quantitative estimate of drug-likeness (QED) is 0.0517. The maximum Gasteiger partial charge on any atom is 0.309 e. The molecule has 0 bridgehead atoms.